The van der Waals surface area contributed by atoms with Crippen LogP contribution in [0, 0.1) is 0 Å². The van der Waals surface area contributed by atoms with Crippen LogP contribution in [0.3, 0.4) is 0 Å². The molecule has 2 heteroatoms. The highest BCUT2D eigenvalue weighted by Crippen LogP contribution is 2.18. The summed E-state index contributed by atoms with van der Waals surface area (Å²) in [4.78, 5) is 10.5. The van der Waals surface area contributed by atoms with Crippen molar-refractivity contribution in [2.24, 2.45) is 0 Å². The maximum absolute atomic E-state index is 10.5. The highest BCUT2D eigenvalue weighted by molar-refractivity contribution is 5.76. The van der Waals surface area contributed by atoms with Crippen molar-refractivity contribution in [3.8, 4) is 11.1 Å². The van der Waals surface area contributed by atoms with E-state index in [4.69, 9.17) is 0 Å². The lowest BCUT2D eigenvalue weighted by Crippen LogP contribution is -1.80. The first-order valence-electron chi connectivity index (χ1n) is 4.51. The Morgan fingerprint density at radius 2 is 1.27 bits per heavy atom. The molecule has 0 radical (unpaired) electrons. The molecule has 0 aromatic heterocycles. The van der Waals surface area contributed by atoms with Crippen LogP contribution in [0.5, 0.6) is 0 Å². The molecule has 2 nitrogen and oxygen atoms in total. The Hall–Kier alpha value is -1.93. The highest BCUT2D eigenvalue weighted by Gasteiger charge is 1.95. The monoisotopic (exact) mass is 199 g/mol. The second-order valence-electron chi connectivity index (χ2n) is 3.11. The van der Waals surface area contributed by atoms with Gasteiger partial charge in [-0.05, 0) is 11.1 Å². The molecular formula is C13H13NO. The molecule has 3 N–H and O–H groups in total. The lowest BCUT2D eigenvalue weighted by atomic mass is 10.0. The second-order valence-corrected chi connectivity index (χ2v) is 3.11. The highest BCUT2D eigenvalue weighted by atomic mass is 16.1. The van der Waals surface area contributed by atoms with Gasteiger partial charge in [-0.3, -0.25) is 4.79 Å². The number of hydrogen-bond donors (Lipinski definition) is 1. The average Bonchev–Trinajstić information content (AvgIpc) is 2.30. The van der Waals surface area contributed by atoms with E-state index in [2.05, 4.69) is 12.1 Å². The summed E-state index contributed by atoms with van der Waals surface area (Å²) in [5.74, 6) is 0. The molecule has 0 spiro atoms. The molecule has 0 fully saturated rings. The Kier molecular flexibility index (Phi) is 3.77. The molecule has 0 aliphatic heterocycles. The van der Waals surface area contributed by atoms with Gasteiger partial charge in [0.2, 0.25) is 0 Å². The van der Waals surface area contributed by atoms with E-state index in [0.29, 0.717) is 5.56 Å². The summed E-state index contributed by atoms with van der Waals surface area (Å²) < 4.78 is 0. The Balaban J connectivity index is 0.00000112. The molecule has 0 aliphatic rings. The molecule has 0 saturated heterocycles. The molecule has 0 aliphatic carbocycles. The molecule has 2 rings (SSSR count). The minimum Gasteiger partial charge on any atom is -0.344 e. The van der Waals surface area contributed by atoms with Crippen LogP contribution >= 0.6 is 0 Å². The van der Waals surface area contributed by atoms with Gasteiger partial charge in [0, 0.05) is 5.56 Å². The number of carbonyl (C=O) groups is 1. The third kappa shape index (κ3) is 2.51. The fourth-order valence-corrected chi connectivity index (χ4v) is 1.38. The van der Waals surface area contributed by atoms with Crippen LogP contribution < -0.4 is 6.15 Å². The third-order valence-corrected chi connectivity index (χ3v) is 2.15. The van der Waals surface area contributed by atoms with E-state index in [9.17, 15) is 4.79 Å². The maximum atomic E-state index is 10.5. The van der Waals surface area contributed by atoms with Crippen LogP contribution in [0.4, 0.5) is 0 Å². The molecule has 0 heterocycles. The number of rotatable bonds is 2. The Morgan fingerprint density at radius 1 is 0.733 bits per heavy atom. The molecule has 15 heavy (non-hydrogen) atoms. The summed E-state index contributed by atoms with van der Waals surface area (Å²) in [6, 6.07) is 17.7. The smallest absolute Gasteiger partial charge is 0.150 e. The van der Waals surface area contributed by atoms with Crippen LogP contribution in [0.15, 0.2) is 54.6 Å². The van der Waals surface area contributed by atoms with Gasteiger partial charge in [-0.1, -0.05) is 54.6 Å². The first-order valence-corrected chi connectivity index (χ1v) is 4.51. The summed E-state index contributed by atoms with van der Waals surface area (Å²) >= 11 is 0. The van der Waals surface area contributed by atoms with Gasteiger partial charge >= 0.3 is 0 Å². The minimum absolute atomic E-state index is 0. The van der Waals surface area contributed by atoms with Crippen molar-refractivity contribution in [1.82, 2.24) is 6.15 Å². The van der Waals surface area contributed by atoms with Gasteiger partial charge in [0.05, 0.1) is 0 Å². The van der Waals surface area contributed by atoms with Crippen molar-refractivity contribution in [2.45, 2.75) is 0 Å². The van der Waals surface area contributed by atoms with Crippen LogP contribution in [-0.2, 0) is 0 Å². The molecule has 0 atom stereocenters. The maximum Gasteiger partial charge on any atom is 0.150 e. The quantitative estimate of drug-likeness (QED) is 0.754. The van der Waals surface area contributed by atoms with E-state index in [1.165, 1.54) is 5.56 Å². The Labute approximate surface area is 89.2 Å². The first-order chi connectivity index (χ1) is 6.90. The number of benzene rings is 2. The Morgan fingerprint density at radius 3 is 1.80 bits per heavy atom. The average molecular weight is 199 g/mol. The van der Waals surface area contributed by atoms with Gasteiger partial charge in [-0.25, -0.2) is 0 Å². The summed E-state index contributed by atoms with van der Waals surface area (Å²) in [5.41, 5.74) is 3.02. The summed E-state index contributed by atoms with van der Waals surface area (Å²) in [6.07, 6.45) is 0.856. The van der Waals surface area contributed by atoms with Gasteiger partial charge in [-0.15, -0.1) is 0 Å². The standard InChI is InChI=1S/C13H10O.H3N/c14-10-11-6-8-13(9-7-11)12-4-2-1-3-5-12;/h1-10H;1H3. The van der Waals surface area contributed by atoms with Crippen molar-refractivity contribution in [2.75, 3.05) is 0 Å². The van der Waals surface area contributed by atoms with Gasteiger partial charge in [0.1, 0.15) is 6.29 Å². The predicted molar refractivity (Wildman–Crippen MR) is 62.3 cm³/mol. The van der Waals surface area contributed by atoms with Crippen molar-refractivity contribution in [3.63, 3.8) is 0 Å². The van der Waals surface area contributed by atoms with Gasteiger partial charge in [-0.2, -0.15) is 0 Å². The van der Waals surface area contributed by atoms with Gasteiger partial charge < -0.3 is 6.15 Å². The molecule has 2 aromatic rings. The van der Waals surface area contributed by atoms with Crippen LogP contribution in [-0.4, -0.2) is 6.29 Å². The SMILES string of the molecule is N.O=Cc1ccc(-c2ccccc2)cc1. The van der Waals surface area contributed by atoms with Gasteiger partial charge in [0.15, 0.2) is 0 Å². The fraction of sp³-hybridized carbons (Fsp3) is 0. The molecule has 76 valence electrons. The molecular weight excluding hydrogens is 186 g/mol. The predicted octanol–water partition coefficient (Wildman–Crippen LogP) is 3.33. The van der Waals surface area contributed by atoms with E-state index < -0.39 is 0 Å². The summed E-state index contributed by atoms with van der Waals surface area (Å²) in [7, 11) is 0. The fourth-order valence-electron chi connectivity index (χ4n) is 1.38. The molecule has 0 bridgehead atoms. The summed E-state index contributed by atoms with van der Waals surface area (Å²) in [5, 5.41) is 0. The topological polar surface area (TPSA) is 52.1 Å². The second kappa shape index (κ2) is 5.08. The zero-order chi connectivity index (χ0) is 9.80. The van der Waals surface area contributed by atoms with Crippen molar-refractivity contribution < 1.29 is 4.79 Å². The lowest BCUT2D eigenvalue weighted by Gasteiger charge is -2.00. The normalized spacial score (nSPS) is 9.07. The van der Waals surface area contributed by atoms with E-state index >= 15 is 0 Å². The van der Waals surface area contributed by atoms with E-state index in [1.54, 1.807) is 0 Å². The molecule has 0 saturated carbocycles. The zero-order valence-electron chi connectivity index (χ0n) is 8.39. The van der Waals surface area contributed by atoms with Crippen molar-refractivity contribution >= 4 is 6.29 Å². The number of hydrogen-bond acceptors (Lipinski definition) is 2. The Bertz CT molecular complexity index is 420. The van der Waals surface area contributed by atoms with E-state index in [1.807, 2.05) is 42.5 Å². The van der Waals surface area contributed by atoms with Crippen molar-refractivity contribution in [1.29, 1.82) is 0 Å². The van der Waals surface area contributed by atoms with Crippen LogP contribution in [0.2, 0.25) is 0 Å². The van der Waals surface area contributed by atoms with Crippen LogP contribution in [0.1, 0.15) is 10.4 Å². The van der Waals surface area contributed by atoms with E-state index in [-0.39, 0.29) is 6.15 Å². The zero-order valence-corrected chi connectivity index (χ0v) is 8.39. The van der Waals surface area contributed by atoms with Crippen molar-refractivity contribution in [3.05, 3.63) is 60.2 Å². The third-order valence-electron chi connectivity index (χ3n) is 2.15. The van der Waals surface area contributed by atoms with Crippen LogP contribution in [0.25, 0.3) is 11.1 Å². The number of carbonyl (C=O) groups excluding carboxylic acids is 1. The molecule has 0 amide bonds. The summed E-state index contributed by atoms with van der Waals surface area (Å²) in [6.45, 7) is 0. The minimum atomic E-state index is 0. The van der Waals surface area contributed by atoms with E-state index in [0.717, 1.165) is 11.8 Å². The molecule has 0 unspecified atom stereocenters. The first kappa shape index (κ1) is 11.1. The largest absolute Gasteiger partial charge is 0.344 e. The lowest BCUT2D eigenvalue weighted by molar-refractivity contribution is 0.112. The number of aldehydes is 1. The van der Waals surface area contributed by atoms with Gasteiger partial charge in [0.25, 0.3) is 0 Å². The molecule has 2 aromatic carbocycles.